The maximum Gasteiger partial charge on any atom is 0.244 e. The Balaban J connectivity index is 1.75. The minimum atomic E-state index is -3.38. The standard InChI is InChI=1S/C18H20N2O3S/c1-20-11-10-17(18(20)21)19-15-7-5-6-14(12-15)13-24(22,23)16-8-3-2-4-9-16/h2-9,12,17,19H,10-11,13H2,1H3/t17-/m0/s1. The summed E-state index contributed by atoms with van der Waals surface area (Å²) in [5.74, 6) is 0.00252. The number of sulfone groups is 1. The number of rotatable bonds is 5. The highest BCUT2D eigenvalue weighted by Gasteiger charge is 2.28. The highest BCUT2D eigenvalue weighted by Crippen LogP contribution is 2.21. The van der Waals surface area contributed by atoms with E-state index < -0.39 is 9.84 Å². The monoisotopic (exact) mass is 344 g/mol. The zero-order valence-electron chi connectivity index (χ0n) is 13.5. The van der Waals surface area contributed by atoms with Gasteiger partial charge in [-0.1, -0.05) is 30.3 Å². The largest absolute Gasteiger partial charge is 0.374 e. The molecule has 0 bridgehead atoms. The van der Waals surface area contributed by atoms with Crippen molar-refractivity contribution >= 4 is 21.4 Å². The summed E-state index contributed by atoms with van der Waals surface area (Å²) in [6.45, 7) is 0.735. The Kier molecular flexibility index (Phi) is 4.57. The van der Waals surface area contributed by atoms with E-state index in [9.17, 15) is 13.2 Å². The quantitative estimate of drug-likeness (QED) is 0.904. The first-order chi connectivity index (χ1) is 11.5. The van der Waals surface area contributed by atoms with Gasteiger partial charge in [-0.15, -0.1) is 0 Å². The zero-order chi connectivity index (χ0) is 17.2. The zero-order valence-corrected chi connectivity index (χ0v) is 14.3. The molecule has 0 spiro atoms. The second-order valence-corrected chi connectivity index (χ2v) is 8.01. The summed E-state index contributed by atoms with van der Waals surface area (Å²) < 4.78 is 24.9. The lowest BCUT2D eigenvalue weighted by Crippen LogP contribution is -2.30. The number of hydrogen-bond donors (Lipinski definition) is 1. The first-order valence-electron chi connectivity index (χ1n) is 7.84. The number of hydrogen-bond acceptors (Lipinski definition) is 4. The van der Waals surface area contributed by atoms with Gasteiger partial charge in [0.2, 0.25) is 5.91 Å². The van der Waals surface area contributed by atoms with Gasteiger partial charge < -0.3 is 10.2 Å². The van der Waals surface area contributed by atoms with E-state index in [4.69, 9.17) is 0 Å². The number of nitrogens with one attached hydrogen (secondary N) is 1. The predicted octanol–water partition coefficient (Wildman–Crippen LogP) is 2.30. The summed E-state index contributed by atoms with van der Waals surface area (Å²) in [6, 6.07) is 15.4. The van der Waals surface area contributed by atoms with E-state index in [1.807, 2.05) is 6.07 Å². The number of nitrogens with zero attached hydrogens (tertiary/aromatic N) is 1. The molecule has 2 aromatic rings. The van der Waals surface area contributed by atoms with Gasteiger partial charge in [0, 0.05) is 19.3 Å². The van der Waals surface area contributed by atoms with Crippen molar-refractivity contribution in [2.45, 2.75) is 23.1 Å². The molecule has 1 N–H and O–H groups in total. The van der Waals surface area contributed by atoms with Crippen LogP contribution in [-0.4, -0.2) is 38.9 Å². The first kappa shape index (κ1) is 16.5. The molecule has 1 heterocycles. The molecule has 126 valence electrons. The molecule has 5 nitrogen and oxygen atoms in total. The molecule has 0 aliphatic carbocycles. The maximum atomic E-state index is 12.5. The Bertz CT molecular complexity index is 834. The Labute approximate surface area is 142 Å². The molecule has 3 rings (SSSR count). The van der Waals surface area contributed by atoms with Gasteiger partial charge in [0.15, 0.2) is 9.84 Å². The van der Waals surface area contributed by atoms with Crippen molar-refractivity contribution in [1.82, 2.24) is 4.90 Å². The average molecular weight is 344 g/mol. The van der Waals surface area contributed by atoms with Gasteiger partial charge in [-0.05, 0) is 36.2 Å². The Morgan fingerprint density at radius 2 is 1.88 bits per heavy atom. The van der Waals surface area contributed by atoms with Gasteiger partial charge in [-0.25, -0.2) is 8.42 Å². The lowest BCUT2D eigenvalue weighted by Gasteiger charge is -2.14. The molecule has 0 radical (unpaired) electrons. The Morgan fingerprint density at radius 3 is 2.54 bits per heavy atom. The molecule has 0 saturated carbocycles. The van der Waals surface area contributed by atoms with Crippen molar-refractivity contribution < 1.29 is 13.2 Å². The second-order valence-electron chi connectivity index (χ2n) is 6.02. The van der Waals surface area contributed by atoms with E-state index in [0.717, 1.165) is 18.7 Å². The summed E-state index contributed by atoms with van der Waals surface area (Å²) in [7, 11) is -1.60. The van der Waals surface area contributed by atoms with E-state index in [1.165, 1.54) is 0 Å². The van der Waals surface area contributed by atoms with Gasteiger partial charge in [-0.3, -0.25) is 4.79 Å². The molecule has 1 atom stereocenters. The Hall–Kier alpha value is -2.34. The third-order valence-corrected chi connectivity index (χ3v) is 5.86. The number of benzene rings is 2. The summed E-state index contributed by atoms with van der Waals surface area (Å²) >= 11 is 0. The summed E-state index contributed by atoms with van der Waals surface area (Å²) in [6.07, 6.45) is 0.752. The predicted molar refractivity (Wildman–Crippen MR) is 93.4 cm³/mol. The molecule has 0 aromatic heterocycles. The van der Waals surface area contributed by atoms with Crippen LogP contribution in [-0.2, 0) is 20.4 Å². The molecule has 2 aromatic carbocycles. The minimum absolute atomic E-state index is 0.0644. The number of likely N-dealkylation sites (N-methyl/N-ethyl adjacent to an activating group) is 1. The second kappa shape index (κ2) is 6.65. The van der Waals surface area contributed by atoms with Crippen molar-refractivity contribution in [2.75, 3.05) is 18.9 Å². The van der Waals surface area contributed by atoms with Crippen LogP contribution in [0.1, 0.15) is 12.0 Å². The van der Waals surface area contributed by atoms with Crippen molar-refractivity contribution in [3.05, 3.63) is 60.2 Å². The van der Waals surface area contributed by atoms with Crippen LogP contribution in [0, 0.1) is 0 Å². The van der Waals surface area contributed by atoms with Crippen LogP contribution in [0.4, 0.5) is 5.69 Å². The first-order valence-corrected chi connectivity index (χ1v) is 9.49. The summed E-state index contributed by atoms with van der Waals surface area (Å²) in [5, 5.41) is 3.20. The van der Waals surface area contributed by atoms with Crippen LogP contribution in [0.25, 0.3) is 0 Å². The van der Waals surface area contributed by atoms with Crippen molar-refractivity contribution in [2.24, 2.45) is 0 Å². The molecular formula is C18H20N2O3S. The van der Waals surface area contributed by atoms with E-state index in [1.54, 1.807) is 60.5 Å². The SMILES string of the molecule is CN1CC[C@H](Nc2cccc(CS(=O)(=O)c3ccccc3)c2)C1=O. The van der Waals surface area contributed by atoms with E-state index in [2.05, 4.69) is 5.32 Å². The lowest BCUT2D eigenvalue weighted by molar-refractivity contribution is -0.127. The normalized spacial score (nSPS) is 18.0. The fourth-order valence-electron chi connectivity index (χ4n) is 2.84. The number of carbonyl (C=O) groups excluding carboxylic acids is 1. The van der Waals surface area contributed by atoms with Crippen molar-refractivity contribution in [1.29, 1.82) is 0 Å². The summed E-state index contributed by atoms with van der Waals surface area (Å²) in [4.78, 5) is 14.0. The third kappa shape index (κ3) is 3.59. The summed E-state index contributed by atoms with van der Waals surface area (Å²) in [5.41, 5.74) is 1.46. The number of amides is 1. The molecule has 1 saturated heterocycles. The maximum absolute atomic E-state index is 12.5. The molecular weight excluding hydrogens is 324 g/mol. The van der Waals surface area contributed by atoms with E-state index in [-0.39, 0.29) is 17.7 Å². The highest BCUT2D eigenvalue weighted by atomic mass is 32.2. The molecule has 1 fully saturated rings. The molecule has 0 unspecified atom stereocenters. The molecule has 6 heteroatoms. The van der Waals surface area contributed by atoms with Gasteiger partial charge in [0.25, 0.3) is 0 Å². The highest BCUT2D eigenvalue weighted by molar-refractivity contribution is 7.90. The van der Waals surface area contributed by atoms with E-state index >= 15 is 0 Å². The number of likely N-dealkylation sites (tertiary alicyclic amines) is 1. The van der Waals surface area contributed by atoms with Crippen LogP contribution in [0.15, 0.2) is 59.5 Å². The van der Waals surface area contributed by atoms with Gasteiger partial charge in [0.1, 0.15) is 6.04 Å². The molecule has 1 aliphatic rings. The van der Waals surface area contributed by atoms with Gasteiger partial charge in [0.05, 0.1) is 10.6 Å². The van der Waals surface area contributed by atoms with Crippen LogP contribution in [0.5, 0.6) is 0 Å². The lowest BCUT2D eigenvalue weighted by atomic mass is 10.2. The molecule has 24 heavy (non-hydrogen) atoms. The van der Waals surface area contributed by atoms with Crippen molar-refractivity contribution in [3.63, 3.8) is 0 Å². The van der Waals surface area contributed by atoms with Crippen molar-refractivity contribution in [3.8, 4) is 0 Å². The molecule has 1 amide bonds. The number of carbonyl (C=O) groups is 1. The smallest absolute Gasteiger partial charge is 0.244 e. The van der Waals surface area contributed by atoms with E-state index in [0.29, 0.717) is 10.5 Å². The van der Waals surface area contributed by atoms with Crippen LogP contribution < -0.4 is 5.32 Å². The van der Waals surface area contributed by atoms with Gasteiger partial charge in [-0.2, -0.15) is 0 Å². The minimum Gasteiger partial charge on any atom is -0.374 e. The average Bonchev–Trinajstić information content (AvgIpc) is 2.88. The fourth-order valence-corrected chi connectivity index (χ4v) is 4.20. The number of anilines is 1. The molecule has 1 aliphatic heterocycles. The van der Waals surface area contributed by atoms with Gasteiger partial charge >= 0.3 is 0 Å². The van der Waals surface area contributed by atoms with Crippen LogP contribution in [0.3, 0.4) is 0 Å². The fraction of sp³-hybridized carbons (Fsp3) is 0.278. The van der Waals surface area contributed by atoms with Crippen LogP contribution in [0.2, 0.25) is 0 Å². The Morgan fingerprint density at radius 1 is 1.12 bits per heavy atom. The van der Waals surface area contributed by atoms with Crippen LogP contribution >= 0.6 is 0 Å². The topological polar surface area (TPSA) is 66.5 Å². The third-order valence-electron chi connectivity index (χ3n) is 4.15.